The van der Waals surface area contributed by atoms with Crippen molar-refractivity contribution in [3.63, 3.8) is 0 Å². The van der Waals surface area contributed by atoms with Crippen LogP contribution in [0.15, 0.2) is 54.6 Å². The molecule has 2 N–H and O–H groups in total. The van der Waals surface area contributed by atoms with Crippen LogP contribution in [0, 0.1) is 11.8 Å². The Bertz CT molecular complexity index is 1250. The Labute approximate surface area is 253 Å². The van der Waals surface area contributed by atoms with E-state index in [4.69, 9.17) is 9.47 Å². The first-order chi connectivity index (χ1) is 20.9. The van der Waals surface area contributed by atoms with Gasteiger partial charge in [0.2, 0.25) is 17.7 Å². The van der Waals surface area contributed by atoms with Gasteiger partial charge < -0.3 is 29.7 Å². The topological polar surface area (TPSA) is 125 Å². The van der Waals surface area contributed by atoms with Crippen LogP contribution in [0.3, 0.4) is 0 Å². The third-order valence-corrected chi connectivity index (χ3v) is 9.17. The van der Waals surface area contributed by atoms with Crippen molar-refractivity contribution in [1.82, 2.24) is 15.1 Å². The van der Waals surface area contributed by atoms with Gasteiger partial charge in [-0.1, -0.05) is 81.3 Å². The Morgan fingerprint density at radius 2 is 1.86 bits per heavy atom. The van der Waals surface area contributed by atoms with Gasteiger partial charge in [0.25, 0.3) is 0 Å². The molecular weight excluding hydrogens is 550 g/mol. The number of aliphatic hydroxyl groups is 1. The van der Waals surface area contributed by atoms with Gasteiger partial charge in [-0.3, -0.25) is 19.2 Å². The van der Waals surface area contributed by atoms with E-state index in [-0.39, 0.29) is 31.4 Å². The Morgan fingerprint density at radius 1 is 1.07 bits per heavy atom. The smallest absolute Gasteiger partial charge is 0.313 e. The summed E-state index contributed by atoms with van der Waals surface area (Å²) in [6.07, 6.45) is 9.47. The van der Waals surface area contributed by atoms with Crippen LogP contribution < -0.4 is 5.32 Å². The standard InChI is InChI=1S/C33H43N3O7/c1-3-5-11-18-35-19-12-17-33-28(30(39)36(23(4-2)21-37)29(33)31(35)40)27-24(43-33)15-9-10-16-26(38)34-20-25(42-32(27)41)22-13-7-6-8-14-22/h6-9,12-15,17,23-25,27-29,37H,3-5,10-11,16,18-21H2,1-2H3,(H,34,38)/b15-9-/t23-,24-,25+,27+,28+,29-,33+/m0/s1. The quantitative estimate of drug-likeness (QED) is 0.270. The highest BCUT2D eigenvalue weighted by Gasteiger charge is 2.72. The number of ether oxygens (including phenoxy) is 2. The number of cyclic esters (lactones) is 1. The molecular formula is C33H43N3O7. The Morgan fingerprint density at radius 3 is 2.58 bits per heavy atom. The summed E-state index contributed by atoms with van der Waals surface area (Å²) in [4.78, 5) is 58.6. The molecule has 1 spiro atoms. The van der Waals surface area contributed by atoms with E-state index in [1.165, 1.54) is 4.90 Å². The highest BCUT2D eigenvalue weighted by atomic mass is 16.6. The molecule has 0 bridgehead atoms. The number of allylic oxidation sites excluding steroid dienone is 1. The second-order valence-electron chi connectivity index (χ2n) is 11.8. The van der Waals surface area contributed by atoms with Gasteiger partial charge in [0, 0.05) is 19.5 Å². The van der Waals surface area contributed by atoms with Crippen molar-refractivity contribution in [2.75, 3.05) is 26.2 Å². The summed E-state index contributed by atoms with van der Waals surface area (Å²) in [6.45, 7) is 4.64. The number of carbonyl (C=O) groups is 4. The lowest BCUT2D eigenvalue weighted by molar-refractivity contribution is -0.160. The lowest BCUT2D eigenvalue weighted by atomic mass is 9.78. The Kier molecular flexibility index (Phi) is 9.66. The molecule has 1 aromatic rings. The molecule has 43 heavy (non-hydrogen) atoms. The first kappa shape index (κ1) is 30.9. The number of rotatable bonds is 8. The molecule has 1 aromatic carbocycles. The van der Waals surface area contributed by atoms with E-state index in [0.29, 0.717) is 31.5 Å². The molecule has 0 unspecified atom stereocenters. The number of likely N-dealkylation sites (tertiary alicyclic amines) is 1. The third kappa shape index (κ3) is 5.87. The number of fused-ring (bicyclic) bond motifs is 2. The average Bonchev–Trinajstić information content (AvgIpc) is 3.40. The summed E-state index contributed by atoms with van der Waals surface area (Å²) in [5.41, 5.74) is -0.699. The minimum atomic E-state index is -1.41. The van der Waals surface area contributed by atoms with Crippen LogP contribution in [0.1, 0.15) is 64.0 Å². The molecule has 7 atom stereocenters. The van der Waals surface area contributed by atoms with Crippen molar-refractivity contribution < 1.29 is 33.8 Å². The van der Waals surface area contributed by atoms with Gasteiger partial charge in [-0.2, -0.15) is 0 Å². The molecule has 0 aromatic heterocycles. The second-order valence-corrected chi connectivity index (χ2v) is 11.8. The SMILES string of the molecule is CCCCCN1CC=C[C@@]23O[C@H]4/C=C\CCC(=O)NC[C@H](c5ccccc5)OC(=O)[C@H]4[C@@H]2C(=O)N([C@@H](CC)CO)[C@H]3C1=O. The number of nitrogens with one attached hydrogen (secondary N) is 1. The van der Waals surface area contributed by atoms with Gasteiger partial charge in [0.1, 0.15) is 23.7 Å². The summed E-state index contributed by atoms with van der Waals surface area (Å²) in [6, 6.07) is 7.53. The predicted molar refractivity (Wildman–Crippen MR) is 158 cm³/mol. The molecule has 0 saturated carbocycles. The molecule has 0 aliphatic carbocycles. The largest absolute Gasteiger partial charge is 0.455 e. The summed E-state index contributed by atoms with van der Waals surface area (Å²) < 4.78 is 12.8. The number of aliphatic hydroxyl groups excluding tert-OH is 1. The van der Waals surface area contributed by atoms with Crippen LogP contribution in [0.25, 0.3) is 0 Å². The molecule has 5 rings (SSSR count). The van der Waals surface area contributed by atoms with E-state index in [1.54, 1.807) is 23.1 Å². The van der Waals surface area contributed by atoms with Crippen molar-refractivity contribution >= 4 is 23.7 Å². The van der Waals surface area contributed by atoms with Crippen LogP contribution in [0.4, 0.5) is 0 Å². The molecule has 10 heteroatoms. The fourth-order valence-corrected chi connectivity index (χ4v) is 6.95. The van der Waals surface area contributed by atoms with Gasteiger partial charge in [0.15, 0.2) is 0 Å². The van der Waals surface area contributed by atoms with E-state index in [9.17, 15) is 24.3 Å². The van der Waals surface area contributed by atoms with Crippen LogP contribution in [0.5, 0.6) is 0 Å². The molecule has 4 aliphatic heterocycles. The third-order valence-electron chi connectivity index (χ3n) is 9.17. The normalized spacial score (nSPS) is 32.5. The summed E-state index contributed by atoms with van der Waals surface area (Å²) in [5.74, 6) is -3.48. The number of benzene rings is 1. The molecule has 3 amide bonds. The van der Waals surface area contributed by atoms with Gasteiger partial charge in [-0.25, -0.2) is 0 Å². The summed E-state index contributed by atoms with van der Waals surface area (Å²) >= 11 is 0. The molecule has 232 valence electrons. The van der Waals surface area contributed by atoms with Crippen LogP contribution in [0.2, 0.25) is 0 Å². The number of hydrogen-bond donors (Lipinski definition) is 2. The fraction of sp³-hybridized carbons (Fsp3) is 0.576. The first-order valence-corrected chi connectivity index (χ1v) is 15.6. The Hall–Kier alpha value is -3.50. The van der Waals surface area contributed by atoms with E-state index in [0.717, 1.165) is 19.3 Å². The van der Waals surface area contributed by atoms with E-state index in [1.807, 2.05) is 43.3 Å². The van der Waals surface area contributed by atoms with Crippen molar-refractivity contribution in [3.05, 3.63) is 60.2 Å². The first-order valence-electron chi connectivity index (χ1n) is 15.6. The van der Waals surface area contributed by atoms with Crippen molar-refractivity contribution in [2.45, 2.75) is 82.3 Å². The summed E-state index contributed by atoms with van der Waals surface area (Å²) in [5, 5.41) is 13.2. The zero-order valence-electron chi connectivity index (χ0n) is 25.0. The van der Waals surface area contributed by atoms with Gasteiger partial charge >= 0.3 is 5.97 Å². The van der Waals surface area contributed by atoms with E-state index >= 15 is 0 Å². The van der Waals surface area contributed by atoms with Crippen molar-refractivity contribution in [1.29, 1.82) is 0 Å². The van der Waals surface area contributed by atoms with Crippen LogP contribution >= 0.6 is 0 Å². The van der Waals surface area contributed by atoms with Gasteiger partial charge in [0.05, 0.1) is 31.2 Å². The molecule has 4 heterocycles. The predicted octanol–water partition coefficient (Wildman–Crippen LogP) is 2.68. The lowest BCUT2D eigenvalue weighted by Gasteiger charge is -2.38. The van der Waals surface area contributed by atoms with Crippen molar-refractivity contribution in [3.8, 4) is 0 Å². The van der Waals surface area contributed by atoms with Gasteiger partial charge in [-0.15, -0.1) is 0 Å². The minimum Gasteiger partial charge on any atom is -0.455 e. The number of carbonyl (C=O) groups excluding carboxylic acids is 4. The number of esters is 1. The summed E-state index contributed by atoms with van der Waals surface area (Å²) in [7, 11) is 0. The second kappa shape index (κ2) is 13.4. The molecule has 4 aliphatic rings. The monoisotopic (exact) mass is 593 g/mol. The maximum atomic E-state index is 14.4. The van der Waals surface area contributed by atoms with Crippen molar-refractivity contribution in [2.24, 2.45) is 11.8 Å². The highest BCUT2D eigenvalue weighted by Crippen LogP contribution is 2.54. The number of unbranched alkanes of at least 4 members (excludes halogenated alkanes) is 2. The average molecular weight is 594 g/mol. The van der Waals surface area contributed by atoms with Crippen LogP contribution in [-0.4, -0.2) is 88.6 Å². The fourth-order valence-electron chi connectivity index (χ4n) is 6.95. The molecule has 0 radical (unpaired) electrons. The van der Waals surface area contributed by atoms with Crippen LogP contribution in [-0.2, 0) is 28.7 Å². The number of amides is 3. The maximum absolute atomic E-state index is 14.4. The maximum Gasteiger partial charge on any atom is 0.313 e. The Balaban J connectivity index is 1.57. The molecule has 10 nitrogen and oxygen atoms in total. The molecule has 2 fully saturated rings. The lowest BCUT2D eigenvalue weighted by Crippen LogP contribution is -2.58. The highest BCUT2D eigenvalue weighted by molar-refractivity contribution is 5.99. The number of nitrogens with zero attached hydrogens (tertiary/aromatic N) is 2. The number of hydrogen-bond acceptors (Lipinski definition) is 7. The minimum absolute atomic E-state index is 0.0859. The van der Waals surface area contributed by atoms with E-state index in [2.05, 4.69) is 12.2 Å². The van der Waals surface area contributed by atoms with Gasteiger partial charge in [-0.05, 0) is 24.8 Å². The zero-order chi connectivity index (χ0) is 30.6. The van der Waals surface area contributed by atoms with E-state index < -0.39 is 53.6 Å². The zero-order valence-corrected chi connectivity index (χ0v) is 25.0. The molecule has 2 saturated heterocycles.